The minimum atomic E-state index is 0.189. The fraction of sp³-hybridized carbons (Fsp3) is 0.714. The summed E-state index contributed by atoms with van der Waals surface area (Å²) in [5, 5.41) is 0. The Hall–Kier alpha value is -0.720. The van der Waals surface area contributed by atoms with Crippen LogP contribution >= 0.6 is 0 Å². The SMILES string of the molecule is CC.CC.COC1=CC(C)=CCC1(C)C. The maximum atomic E-state index is 5.30. The van der Waals surface area contributed by atoms with Gasteiger partial charge in [0.25, 0.3) is 0 Å². The van der Waals surface area contributed by atoms with Gasteiger partial charge in [0.15, 0.2) is 0 Å². The molecule has 90 valence electrons. The van der Waals surface area contributed by atoms with Crippen LogP contribution in [0, 0.1) is 5.41 Å². The molecule has 0 bridgehead atoms. The van der Waals surface area contributed by atoms with Gasteiger partial charge < -0.3 is 4.74 Å². The van der Waals surface area contributed by atoms with Crippen molar-refractivity contribution in [3.05, 3.63) is 23.5 Å². The highest BCUT2D eigenvalue weighted by Gasteiger charge is 2.25. The first-order valence-corrected chi connectivity index (χ1v) is 5.99. The molecular formula is C14H28O. The van der Waals surface area contributed by atoms with E-state index in [-0.39, 0.29) is 5.41 Å². The number of methoxy groups -OCH3 is 1. The van der Waals surface area contributed by atoms with E-state index in [1.54, 1.807) is 7.11 Å². The van der Waals surface area contributed by atoms with Crippen LogP contribution in [0.2, 0.25) is 0 Å². The van der Waals surface area contributed by atoms with Gasteiger partial charge >= 0.3 is 0 Å². The van der Waals surface area contributed by atoms with E-state index < -0.39 is 0 Å². The van der Waals surface area contributed by atoms with Gasteiger partial charge in [0, 0.05) is 5.41 Å². The lowest BCUT2D eigenvalue weighted by Gasteiger charge is -2.28. The number of allylic oxidation sites excluding steroid dienone is 4. The summed E-state index contributed by atoms with van der Waals surface area (Å²) in [4.78, 5) is 0. The Morgan fingerprint density at radius 1 is 1.13 bits per heavy atom. The molecule has 15 heavy (non-hydrogen) atoms. The molecule has 1 heteroatoms. The topological polar surface area (TPSA) is 9.23 Å². The van der Waals surface area contributed by atoms with E-state index in [1.807, 2.05) is 27.7 Å². The Labute approximate surface area is 96.2 Å². The highest BCUT2D eigenvalue weighted by molar-refractivity contribution is 5.27. The van der Waals surface area contributed by atoms with E-state index in [0.29, 0.717) is 0 Å². The van der Waals surface area contributed by atoms with Gasteiger partial charge in [0.05, 0.1) is 7.11 Å². The van der Waals surface area contributed by atoms with Gasteiger partial charge in [-0.3, -0.25) is 0 Å². The molecule has 1 nitrogen and oxygen atoms in total. The summed E-state index contributed by atoms with van der Waals surface area (Å²) >= 11 is 0. The second-order valence-electron chi connectivity index (χ2n) is 3.75. The van der Waals surface area contributed by atoms with Crippen molar-refractivity contribution in [1.29, 1.82) is 0 Å². The lowest BCUT2D eigenvalue weighted by molar-refractivity contribution is 0.192. The van der Waals surface area contributed by atoms with Crippen LogP contribution < -0.4 is 0 Å². The fourth-order valence-electron chi connectivity index (χ4n) is 1.31. The highest BCUT2D eigenvalue weighted by Crippen LogP contribution is 2.35. The average molecular weight is 212 g/mol. The third kappa shape index (κ3) is 5.66. The summed E-state index contributed by atoms with van der Waals surface area (Å²) in [6.07, 6.45) is 5.45. The Morgan fingerprint density at radius 2 is 1.60 bits per heavy atom. The molecule has 1 aliphatic rings. The van der Waals surface area contributed by atoms with E-state index in [9.17, 15) is 0 Å². The molecule has 0 saturated carbocycles. The van der Waals surface area contributed by atoms with Crippen molar-refractivity contribution in [3.63, 3.8) is 0 Å². The molecule has 1 aliphatic carbocycles. The van der Waals surface area contributed by atoms with Gasteiger partial charge in [0.2, 0.25) is 0 Å². The Balaban J connectivity index is 0. The van der Waals surface area contributed by atoms with E-state index in [1.165, 1.54) is 5.57 Å². The molecular weight excluding hydrogens is 184 g/mol. The molecule has 0 aromatic rings. The zero-order valence-corrected chi connectivity index (χ0v) is 11.8. The zero-order chi connectivity index (χ0) is 12.5. The smallest absolute Gasteiger partial charge is 0.102 e. The van der Waals surface area contributed by atoms with Crippen molar-refractivity contribution in [2.45, 2.75) is 54.9 Å². The molecule has 0 atom stereocenters. The van der Waals surface area contributed by atoms with Crippen molar-refractivity contribution in [1.82, 2.24) is 0 Å². The maximum Gasteiger partial charge on any atom is 0.102 e. The summed E-state index contributed by atoms with van der Waals surface area (Å²) in [7, 11) is 1.74. The van der Waals surface area contributed by atoms with E-state index in [2.05, 4.69) is 32.9 Å². The van der Waals surface area contributed by atoms with Crippen LogP contribution in [0.3, 0.4) is 0 Å². The fourth-order valence-corrected chi connectivity index (χ4v) is 1.31. The van der Waals surface area contributed by atoms with Crippen LogP contribution in [0.5, 0.6) is 0 Å². The van der Waals surface area contributed by atoms with Crippen molar-refractivity contribution >= 4 is 0 Å². The number of hydrogen-bond acceptors (Lipinski definition) is 1. The molecule has 0 saturated heterocycles. The predicted molar refractivity (Wildman–Crippen MR) is 69.9 cm³/mol. The zero-order valence-electron chi connectivity index (χ0n) is 11.8. The minimum Gasteiger partial charge on any atom is -0.501 e. The van der Waals surface area contributed by atoms with E-state index in [0.717, 1.165) is 12.2 Å². The molecule has 1 rings (SSSR count). The summed E-state index contributed by atoms with van der Waals surface area (Å²) in [5.74, 6) is 1.09. The van der Waals surface area contributed by atoms with Gasteiger partial charge in [-0.05, 0) is 19.4 Å². The van der Waals surface area contributed by atoms with Crippen LogP contribution in [0.15, 0.2) is 23.5 Å². The summed E-state index contributed by atoms with van der Waals surface area (Å²) < 4.78 is 5.30. The van der Waals surface area contributed by atoms with Crippen LogP contribution in [-0.2, 0) is 4.74 Å². The maximum absolute atomic E-state index is 5.30. The molecule has 0 heterocycles. The Kier molecular flexibility index (Phi) is 9.55. The second kappa shape index (κ2) is 8.58. The molecule has 0 N–H and O–H groups in total. The first-order chi connectivity index (χ1) is 7.06. The van der Waals surface area contributed by atoms with E-state index in [4.69, 9.17) is 4.74 Å². The molecule has 0 amide bonds. The first-order valence-electron chi connectivity index (χ1n) is 5.99. The van der Waals surface area contributed by atoms with Crippen molar-refractivity contribution in [3.8, 4) is 0 Å². The molecule has 0 aromatic heterocycles. The monoisotopic (exact) mass is 212 g/mol. The Morgan fingerprint density at radius 3 is 1.93 bits per heavy atom. The van der Waals surface area contributed by atoms with Gasteiger partial charge in [-0.15, -0.1) is 0 Å². The quantitative estimate of drug-likeness (QED) is 0.598. The lowest BCUT2D eigenvalue weighted by Crippen LogP contribution is -2.17. The normalized spacial score (nSPS) is 17.1. The summed E-state index contributed by atoms with van der Waals surface area (Å²) in [6.45, 7) is 14.5. The molecule has 0 spiro atoms. The van der Waals surface area contributed by atoms with E-state index >= 15 is 0 Å². The summed E-state index contributed by atoms with van der Waals surface area (Å²) in [6, 6.07) is 0. The first kappa shape index (κ1) is 16.7. The van der Waals surface area contributed by atoms with Crippen molar-refractivity contribution in [2.75, 3.05) is 7.11 Å². The van der Waals surface area contributed by atoms with Gasteiger partial charge in [0.1, 0.15) is 5.76 Å². The summed E-state index contributed by atoms with van der Waals surface area (Å²) in [5.41, 5.74) is 1.50. The molecule has 0 aromatic carbocycles. The Bertz CT molecular complexity index is 209. The van der Waals surface area contributed by atoms with Crippen LogP contribution in [0.25, 0.3) is 0 Å². The lowest BCUT2D eigenvalue weighted by atomic mass is 9.82. The minimum absolute atomic E-state index is 0.189. The third-order valence-electron chi connectivity index (χ3n) is 2.18. The van der Waals surface area contributed by atoms with Crippen LogP contribution in [-0.4, -0.2) is 7.11 Å². The number of hydrogen-bond donors (Lipinski definition) is 0. The molecule has 0 unspecified atom stereocenters. The standard InChI is InChI=1S/C10H16O.2C2H6/c1-8-5-6-10(2,3)9(7-8)11-4;2*1-2/h5,7H,6H2,1-4H3;2*1-2H3. The highest BCUT2D eigenvalue weighted by atomic mass is 16.5. The van der Waals surface area contributed by atoms with Gasteiger partial charge in [-0.1, -0.05) is 53.2 Å². The number of ether oxygens (including phenoxy) is 1. The molecule has 0 aliphatic heterocycles. The molecule has 0 fully saturated rings. The van der Waals surface area contributed by atoms with Crippen molar-refractivity contribution in [2.24, 2.45) is 5.41 Å². The van der Waals surface area contributed by atoms with Gasteiger partial charge in [-0.25, -0.2) is 0 Å². The van der Waals surface area contributed by atoms with Crippen LogP contribution in [0.1, 0.15) is 54.9 Å². The molecule has 0 radical (unpaired) electrons. The van der Waals surface area contributed by atoms with Crippen LogP contribution in [0.4, 0.5) is 0 Å². The largest absolute Gasteiger partial charge is 0.501 e. The second-order valence-corrected chi connectivity index (χ2v) is 3.75. The average Bonchev–Trinajstić information content (AvgIpc) is 2.27. The number of rotatable bonds is 1. The van der Waals surface area contributed by atoms with Gasteiger partial charge in [-0.2, -0.15) is 0 Å². The van der Waals surface area contributed by atoms with Crippen molar-refractivity contribution < 1.29 is 4.74 Å². The third-order valence-corrected chi connectivity index (χ3v) is 2.18. The predicted octanol–water partition coefficient (Wildman–Crippen LogP) is 4.95.